The second kappa shape index (κ2) is 7.97. The van der Waals surface area contributed by atoms with Crippen molar-refractivity contribution in [2.75, 3.05) is 13.1 Å². The summed E-state index contributed by atoms with van der Waals surface area (Å²) < 4.78 is 5.11. The van der Waals surface area contributed by atoms with Gasteiger partial charge in [-0.15, -0.1) is 0 Å². The van der Waals surface area contributed by atoms with Crippen molar-refractivity contribution in [1.29, 1.82) is 0 Å². The predicted molar refractivity (Wildman–Crippen MR) is 79.0 cm³/mol. The highest BCUT2D eigenvalue weighted by molar-refractivity contribution is 5.74. The fourth-order valence-electron chi connectivity index (χ4n) is 1.79. The Morgan fingerprint density at radius 1 is 1.33 bits per heavy atom. The van der Waals surface area contributed by atoms with Crippen LogP contribution in [0.4, 0.5) is 4.79 Å². The van der Waals surface area contributed by atoms with E-state index in [9.17, 15) is 9.90 Å². The first-order valence-corrected chi connectivity index (χ1v) is 7.36. The van der Waals surface area contributed by atoms with E-state index in [0.29, 0.717) is 31.2 Å². The van der Waals surface area contributed by atoms with Gasteiger partial charge >= 0.3 is 6.03 Å². The highest BCUT2D eigenvalue weighted by Crippen LogP contribution is 2.09. The lowest BCUT2D eigenvalue weighted by atomic mass is 10.2. The van der Waals surface area contributed by atoms with E-state index in [1.165, 1.54) is 0 Å². The van der Waals surface area contributed by atoms with E-state index < -0.39 is 6.10 Å². The molecule has 0 saturated heterocycles. The van der Waals surface area contributed by atoms with Gasteiger partial charge in [0.1, 0.15) is 0 Å². The van der Waals surface area contributed by atoms with Crippen LogP contribution >= 0.6 is 0 Å². The molecule has 7 heteroatoms. The number of rotatable bonds is 7. The van der Waals surface area contributed by atoms with Gasteiger partial charge in [-0.05, 0) is 20.8 Å². The highest BCUT2D eigenvalue weighted by Gasteiger charge is 2.18. The lowest BCUT2D eigenvalue weighted by Gasteiger charge is -2.28. The summed E-state index contributed by atoms with van der Waals surface area (Å²) in [6.07, 6.45) is -0.0609. The molecule has 1 aromatic rings. The van der Waals surface area contributed by atoms with Gasteiger partial charge in [0, 0.05) is 31.5 Å². The Hall–Kier alpha value is -1.63. The molecule has 1 heterocycles. The van der Waals surface area contributed by atoms with Gasteiger partial charge in [0.2, 0.25) is 5.89 Å². The maximum Gasteiger partial charge on any atom is 0.317 e. The third kappa shape index (κ3) is 5.71. The molecule has 21 heavy (non-hydrogen) atoms. The minimum absolute atomic E-state index is 0.0237. The number of aliphatic hydroxyl groups is 1. The molecule has 1 unspecified atom stereocenters. The molecule has 120 valence electrons. The molecule has 0 radical (unpaired) electrons. The van der Waals surface area contributed by atoms with E-state index >= 15 is 0 Å². The van der Waals surface area contributed by atoms with Crippen LogP contribution in [0.15, 0.2) is 4.52 Å². The highest BCUT2D eigenvalue weighted by atomic mass is 16.5. The van der Waals surface area contributed by atoms with Crippen molar-refractivity contribution in [3.8, 4) is 0 Å². The topological polar surface area (TPSA) is 91.5 Å². The van der Waals surface area contributed by atoms with Crippen LogP contribution < -0.4 is 5.32 Å². The van der Waals surface area contributed by atoms with E-state index in [4.69, 9.17) is 4.52 Å². The summed E-state index contributed by atoms with van der Waals surface area (Å²) in [5, 5.41) is 16.1. The second-order valence-electron chi connectivity index (χ2n) is 5.78. The van der Waals surface area contributed by atoms with Crippen LogP contribution in [-0.4, -0.2) is 51.4 Å². The quantitative estimate of drug-likeness (QED) is 0.796. The van der Waals surface area contributed by atoms with Gasteiger partial charge in [0.25, 0.3) is 0 Å². The number of nitrogens with one attached hydrogen (secondary N) is 1. The van der Waals surface area contributed by atoms with Gasteiger partial charge in [-0.3, -0.25) is 0 Å². The van der Waals surface area contributed by atoms with Crippen molar-refractivity contribution in [3.63, 3.8) is 0 Å². The molecule has 0 spiro atoms. The van der Waals surface area contributed by atoms with Gasteiger partial charge in [0.05, 0.1) is 6.10 Å². The summed E-state index contributed by atoms with van der Waals surface area (Å²) >= 11 is 0. The van der Waals surface area contributed by atoms with Crippen LogP contribution in [0.5, 0.6) is 0 Å². The zero-order valence-corrected chi connectivity index (χ0v) is 13.5. The summed E-state index contributed by atoms with van der Waals surface area (Å²) in [7, 11) is 0. The SMILES string of the molecule is CC(O)CN(C(=O)NCCc1nc(C(C)C)no1)C(C)C. The molecule has 0 saturated carbocycles. The molecule has 1 rings (SSSR count). The second-order valence-corrected chi connectivity index (χ2v) is 5.78. The van der Waals surface area contributed by atoms with E-state index in [1.54, 1.807) is 11.8 Å². The number of nitrogens with zero attached hydrogens (tertiary/aromatic N) is 3. The molecule has 0 aliphatic carbocycles. The van der Waals surface area contributed by atoms with Gasteiger partial charge in [-0.2, -0.15) is 4.98 Å². The molecule has 0 bridgehead atoms. The Labute approximate surface area is 125 Å². The Bertz CT molecular complexity index is 443. The average molecular weight is 298 g/mol. The van der Waals surface area contributed by atoms with Crippen LogP contribution in [-0.2, 0) is 6.42 Å². The van der Waals surface area contributed by atoms with Crippen LogP contribution in [0, 0.1) is 0 Å². The average Bonchev–Trinajstić information content (AvgIpc) is 2.84. The fourth-order valence-corrected chi connectivity index (χ4v) is 1.79. The minimum atomic E-state index is -0.553. The van der Waals surface area contributed by atoms with Crippen molar-refractivity contribution in [2.24, 2.45) is 0 Å². The first-order chi connectivity index (χ1) is 9.81. The van der Waals surface area contributed by atoms with Gasteiger partial charge in [0.15, 0.2) is 5.82 Å². The molecule has 2 amide bonds. The summed E-state index contributed by atoms with van der Waals surface area (Å²) in [5.41, 5.74) is 0. The van der Waals surface area contributed by atoms with Crippen LogP contribution in [0.25, 0.3) is 0 Å². The van der Waals surface area contributed by atoms with Gasteiger partial charge < -0.3 is 19.8 Å². The summed E-state index contributed by atoms with van der Waals surface area (Å²) in [6, 6.07) is -0.176. The molecular formula is C14H26N4O3. The van der Waals surface area contributed by atoms with Crippen LogP contribution in [0.3, 0.4) is 0 Å². The Balaban J connectivity index is 2.44. The van der Waals surface area contributed by atoms with E-state index in [1.807, 2.05) is 27.7 Å². The number of carbonyl (C=O) groups excluding carboxylic acids is 1. The third-order valence-corrected chi connectivity index (χ3v) is 2.96. The number of amides is 2. The summed E-state index contributed by atoms with van der Waals surface area (Å²) in [6.45, 7) is 10.2. The van der Waals surface area contributed by atoms with Gasteiger partial charge in [-0.25, -0.2) is 4.79 Å². The largest absolute Gasteiger partial charge is 0.392 e. The number of hydrogen-bond acceptors (Lipinski definition) is 5. The van der Waals surface area contributed by atoms with E-state index in [0.717, 1.165) is 0 Å². The molecule has 1 aromatic heterocycles. The number of aromatic nitrogens is 2. The molecule has 1 atom stereocenters. The Kier molecular flexibility index (Phi) is 6.61. The Morgan fingerprint density at radius 3 is 2.48 bits per heavy atom. The number of carbonyl (C=O) groups is 1. The number of aliphatic hydroxyl groups excluding tert-OH is 1. The van der Waals surface area contributed by atoms with E-state index in [2.05, 4.69) is 15.5 Å². The smallest absolute Gasteiger partial charge is 0.317 e. The standard InChI is InChI=1S/C14H26N4O3/c1-9(2)13-16-12(21-17-13)6-7-15-14(20)18(10(3)4)8-11(5)19/h9-11,19H,6-8H2,1-5H3,(H,15,20). The maximum absolute atomic E-state index is 12.1. The number of urea groups is 1. The fraction of sp³-hybridized carbons (Fsp3) is 0.786. The van der Waals surface area contributed by atoms with Crippen LogP contribution in [0.1, 0.15) is 52.3 Å². The Morgan fingerprint density at radius 2 is 2.00 bits per heavy atom. The van der Waals surface area contributed by atoms with Crippen molar-refractivity contribution in [1.82, 2.24) is 20.4 Å². The van der Waals surface area contributed by atoms with Crippen molar-refractivity contribution >= 4 is 6.03 Å². The summed E-state index contributed by atoms with van der Waals surface area (Å²) in [4.78, 5) is 17.9. The first kappa shape index (κ1) is 17.4. The van der Waals surface area contributed by atoms with Crippen molar-refractivity contribution < 1.29 is 14.4 Å². The lowest BCUT2D eigenvalue weighted by Crippen LogP contribution is -2.47. The molecule has 0 fully saturated rings. The van der Waals surface area contributed by atoms with Gasteiger partial charge in [-0.1, -0.05) is 19.0 Å². The van der Waals surface area contributed by atoms with E-state index in [-0.39, 0.29) is 18.0 Å². The predicted octanol–water partition coefficient (Wildman–Crippen LogP) is 1.54. The zero-order chi connectivity index (χ0) is 16.0. The van der Waals surface area contributed by atoms with Crippen molar-refractivity contribution in [2.45, 2.75) is 59.1 Å². The third-order valence-electron chi connectivity index (χ3n) is 2.96. The maximum atomic E-state index is 12.1. The normalized spacial score (nSPS) is 12.8. The van der Waals surface area contributed by atoms with Crippen LogP contribution in [0.2, 0.25) is 0 Å². The molecule has 0 aliphatic heterocycles. The molecule has 2 N–H and O–H groups in total. The zero-order valence-electron chi connectivity index (χ0n) is 13.5. The molecular weight excluding hydrogens is 272 g/mol. The lowest BCUT2D eigenvalue weighted by molar-refractivity contribution is 0.119. The monoisotopic (exact) mass is 298 g/mol. The molecule has 0 aromatic carbocycles. The van der Waals surface area contributed by atoms with Crippen molar-refractivity contribution in [3.05, 3.63) is 11.7 Å². The first-order valence-electron chi connectivity index (χ1n) is 7.36. The molecule has 0 aliphatic rings. The minimum Gasteiger partial charge on any atom is -0.392 e. The summed E-state index contributed by atoms with van der Waals surface area (Å²) in [5.74, 6) is 1.42. The number of hydrogen-bond donors (Lipinski definition) is 2. The molecule has 7 nitrogen and oxygen atoms in total.